The number of para-hydroxylation sites is 3. The molecule has 0 atom stereocenters. The van der Waals surface area contributed by atoms with Gasteiger partial charge in [-0.25, -0.2) is 15.0 Å². The van der Waals surface area contributed by atoms with Crippen LogP contribution in [-0.2, 0) is 0 Å². The van der Waals surface area contributed by atoms with Crippen molar-refractivity contribution in [3.63, 3.8) is 0 Å². The van der Waals surface area contributed by atoms with Crippen LogP contribution in [0.1, 0.15) is 18.4 Å². The van der Waals surface area contributed by atoms with E-state index in [1.165, 1.54) is 39.1 Å². The first-order valence-electron chi connectivity index (χ1n) is 21.3. The number of nitrogens with zero attached hydrogens (tertiary/aromatic N) is 5. The number of hydrogen-bond acceptors (Lipinski definition) is 5. The summed E-state index contributed by atoms with van der Waals surface area (Å²) < 4.78 is 0. The standard InChI is InChI=1S/C57H39N5/c1-3-20-38(21-4-1)55-58-56(39-22-5-2-6-23-39)60-57(59-55)54-52(61-48-32-15-11-28-44(48)40-24-7-8-25-41(40)45-29-12-16-33-49(45)61)36-19-37-53(54)62-50-34-17-13-30-46(50)42-26-9-10-27-43(42)47-31-14-18-35-51(47)62/h1-17,19-34,36-37H,18,35H2. The number of fused-ring (bicyclic) bond motifs is 9. The van der Waals surface area contributed by atoms with Crippen LogP contribution in [0.15, 0.2) is 218 Å². The maximum absolute atomic E-state index is 5.50. The molecule has 0 bridgehead atoms. The third kappa shape index (κ3) is 5.81. The molecule has 0 fully saturated rings. The van der Waals surface area contributed by atoms with Crippen LogP contribution in [0.25, 0.3) is 73.1 Å². The zero-order chi connectivity index (χ0) is 41.0. The highest BCUT2D eigenvalue weighted by Gasteiger charge is 2.34. The molecule has 8 aromatic carbocycles. The van der Waals surface area contributed by atoms with Crippen LogP contribution < -0.4 is 9.80 Å². The molecule has 1 aromatic heterocycles. The summed E-state index contributed by atoms with van der Waals surface area (Å²) in [6.45, 7) is 0. The van der Waals surface area contributed by atoms with Crippen molar-refractivity contribution in [1.82, 2.24) is 15.0 Å². The van der Waals surface area contributed by atoms with E-state index in [-0.39, 0.29) is 0 Å². The van der Waals surface area contributed by atoms with Gasteiger partial charge in [0.2, 0.25) is 0 Å². The molecule has 0 unspecified atom stereocenters. The molecule has 0 radical (unpaired) electrons. The molecule has 9 aromatic rings. The van der Waals surface area contributed by atoms with Crippen LogP contribution >= 0.6 is 0 Å². The van der Waals surface area contributed by atoms with Crippen LogP contribution in [0, 0.1) is 0 Å². The third-order valence-electron chi connectivity index (χ3n) is 12.3. The molecule has 3 heterocycles. The highest BCUT2D eigenvalue weighted by atomic mass is 15.2. The van der Waals surface area contributed by atoms with Gasteiger partial charge in [0, 0.05) is 39.1 Å². The van der Waals surface area contributed by atoms with E-state index in [0.29, 0.717) is 17.5 Å². The van der Waals surface area contributed by atoms with Crippen molar-refractivity contribution in [1.29, 1.82) is 0 Å². The number of aromatic nitrogens is 3. The molecule has 3 aliphatic rings. The van der Waals surface area contributed by atoms with Crippen LogP contribution in [0.2, 0.25) is 0 Å². The Morgan fingerprint density at radius 3 is 1.24 bits per heavy atom. The molecule has 0 saturated heterocycles. The largest absolute Gasteiger partial charge is 0.312 e. The zero-order valence-corrected chi connectivity index (χ0v) is 33.9. The minimum atomic E-state index is 0.591. The molecule has 0 amide bonds. The van der Waals surface area contributed by atoms with Gasteiger partial charge in [0.1, 0.15) is 0 Å². The fraction of sp³-hybridized carbons (Fsp3) is 0.0351. The molecular weight excluding hydrogens is 755 g/mol. The van der Waals surface area contributed by atoms with Crippen LogP contribution in [0.3, 0.4) is 0 Å². The van der Waals surface area contributed by atoms with Gasteiger partial charge in [-0.1, -0.05) is 182 Å². The average Bonchev–Trinajstić information content (AvgIpc) is 3.56. The van der Waals surface area contributed by atoms with E-state index in [1.54, 1.807) is 0 Å². The normalized spacial score (nSPS) is 13.5. The SMILES string of the molecule is C1=CC2=C(CC1)N(c1cccc(N3c4ccccc4-c4ccccc4-c4ccccc43)c1-c1nc(-c3ccccc3)nc(-c3ccccc3)n1)c1ccccc1-c1ccccc12. The second kappa shape index (κ2) is 14.8. The van der Waals surface area contributed by atoms with E-state index in [1.807, 2.05) is 36.4 Å². The fourth-order valence-electron chi connectivity index (χ4n) is 9.58. The molecular formula is C57H39N5. The Bertz CT molecular complexity index is 3130. The van der Waals surface area contributed by atoms with Gasteiger partial charge in [0.05, 0.1) is 34.0 Å². The van der Waals surface area contributed by atoms with Crippen molar-refractivity contribution < 1.29 is 0 Å². The number of benzene rings is 8. The summed E-state index contributed by atoms with van der Waals surface area (Å²) in [6.07, 6.45) is 6.43. The van der Waals surface area contributed by atoms with Gasteiger partial charge in [-0.2, -0.15) is 0 Å². The van der Waals surface area contributed by atoms with Crippen molar-refractivity contribution in [2.24, 2.45) is 0 Å². The Balaban J connectivity index is 1.23. The number of hydrogen-bond donors (Lipinski definition) is 0. The summed E-state index contributed by atoms with van der Waals surface area (Å²) in [5.74, 6) is 1.82. The summed E-state index contributed by atoms with van der Waals surface area (Å²) in [5, 5.41) is 0. The van der Waals surface area contributed by atoms with E-state index >= 15 is 0 Å². The summed E-state index contributed by atoms with van der Waals surface area (Å²) in [6, 6.07) is 71.2. The minimum absolute atomic E-state index is 0.591. The summed E-state index contributed by atoms with van der Waals surface area (Å²) in [4.78, 5) is 21.1. The monoisotopic (exact) mass is 793 g/mol. The van der Waals surface area contributed by atoms with Gasteiger partial charge < -0.3 is 9.80 Å². The van der Waals surface area contributed by atoms with Crippen molar-refractivity contribution >= 4 is 34.0 Å². The smallest absolute Gasteiger partial charge is 0.168 e. The lowest BCUT2D eigenvalue weighted by Crippen LogP contribution is -2.21. The van der Waals surface area contributed by atoms with Gasteiger partial charge in [-0.05, 0) is 65.4 Å². The molecule has 0 spiro atoms. The molecule has 0 N–H and O–H groups in total. The van der Waals surface area contributed by atoms with E-state index < -0.39 is 0 Å². The highest BCUT2D eigenvalue weighted by Crippen LogP contribution is 2.56. The summed E-state index contributed by atoms with van der Waals surface area (Å²) in [5.41, 5.74) is 18.8. The van der Waals surface area contributed by atoms with Crippen LogP contribution in [0.4, 0.5) is 28.4 Å². The molecule has 0 saturated carbocycles. The van der Waals surface area contributed by atoms with Crippen molar-refractivity contribution in [2.45, 2.75) is 12.8 Å². The minimum Gasteiger partial charge on any atom is -0.312 e. The first-order chi connectivity index (χ1) is 30.8. The molecule has 5 nitrogen and oxygen atoms in total. The molecule has 62 heavy (non-hydrogen) atoms. The zero-order valence-electron chi connectivity index (χ0n) is 33.9. The molecule has 12 rings (SSSR count). The predicted octanol–water partition coefficient (Wildman–Crippen LogP) is 14.9. The predicted molar refractivity (Wildman–Crippen MR) is 255 cm³/mol. The Kier molecular flexibility index (Phi) is 8.56. The summed E-state index contributed by atoms with van der Waals surface area (Å²) >= 11 is 0. The Hall–Kier alpha value is -8.15. The van der Waals surface area contributed by atoms with E-state index in [0.717, 1.165) is 69.1 Å². The first kappa shape index (κ1) is 35.8. The lowest BCUT2D eigenvalue weighted by Gasteiger charge is -2.35. The fourth-order valence-corrected chi connectivity index (χ4v) is 9.58. The molecule has 1 aliphatic carbocycles. The summed E-state index contributed by atoms with van der Waals surface area (Å²) in [7, 11) is 0. The Labute approximate surface area is 361 Å². The van der Waals surface area contributed by atoms with Crippen LogP contribution in [0.5, 0.6) is 0 Å². The van der Waals surface area contributed by atoms with Gasteiger partial charge in [-0.15, -0.1) is 0 Å². The second-order valence-corrected chi connectivity index (χ2v) is 15.8. The van der Waals surface area contributed by atoms with Crippen molar-refractivity contribution in [3.8, 4) is 67.5 Å². The van der Waals surface area contributed by atoms with Crippen LogP contribution in [-0.4, -0.2) is 15.0 Å². The number of anilines is 5. The van der Waals surface area contributed by atoms with Gasteiger partial charge in [-0.3, -0.25) is 0 Å². The van der Waals surface area contributed by atoms with E-state index in [2.05, 4.69) is 186 Å². The average molecular weight is 794 g/mol. The van der Waals surface area contributed by atoms with Gasteiger partial charge in [0.25, 0.3) is 0 Å². The van der Waals surface area contributed by atoms with Gasteiger partial charge in [0.15, 0.2) is 17.5 Å². The third-order valence-corrected chi connectivity index (χ3v) is 12.3. The molecule has 292 valence electrons. The number of rotatable bonds is 5. The van der Waals surface area contributed by atoms with Crippen molar-refractivity contribution in [2.75, 3.05) is 9.80 Å². The number of allylic oxidation sites excluding steroid dienone is 4. The van der Waals surface area contributed by atoms with E-state index in [4.69, 9.17) is 15.0 Å². The second-order valence-electron chi connectivity index (χ2n) is 15.8. The maximum Gasteiger partial charge on any atom is 0.168 e. The van der Waals surface area contributed by atoms with Gasteiger partial charge >= 0.3 is 0 Å². The first-order valence-corrected chi connectivity index (χ1v) is 21.3. The maximum atomic E-state index is 5.50. The molecule has 5 heteroatoms. The lowest BCUT2D eigenvalue weighted by atomic mass is 9.91. The highest BCUT2D eigenvalue weighted by molar-refractivity contribution is 6.07. The lowest BCUT2D eigenvalue weighted by molar-refractivity contribution is 0.925. The Morgan fingerprint density at radius 1 is 0.323 bits per heavy atom. The quantitative estimate of drug-likeness (QED) is 0.174. The van der Waals surface area contributed by atoms with E-state index in [9.17, 15) is 0 Å². The topological polar surface area (TPSA) is 45.2 Å². The Morgan fingerprint density at radius 2 is 0.710 bits per heavy atom. The van der Waals surface area contributed by atoms with Crippen molar-refractivity contribution in [3.05, 3.63) is 224 Å². The molecule has 2 aliphatic heterocycles.